The zero-order valence-corrected chi connectivity index (χ0v) is 33.3. The lowest BCUT2D eigenvalue weighted by Gasteiger charge is -2.16. The molecule has 1 aromatic heterocycles. The second-order valence-corrected chi connectivity index (χ2v) is 14.6. The van der Waals surface area contributed by atoms with Crippen molar-refractivity contribution < 1.29 is 0 Å². The predicted molar refractivity (Wildman–Crippen MR) is 251 cm³/mol. The van der Waals surface area contributed by atoms with Gasteiger partial charge in [-0.2, -0.15) is 0 Å². The van der Waals surface area contributed by atoms with Gasteiger partial charge in [0.25, 0.3) is 0 Å². The first-order valence-electron chi connectivity index (χ1n) is 20.0. The smallest absolute Gasteiger partial charge is 0.161 e. The highest BCUT2D eigenvalue weighted by Gasteiger charge is 2.16. The highest BCUT2D eigenvalue weighted by Crippen LogP contribution is 2.39. The molecule has 0 radical (unpaired) electrons. The second-order valence-electron chi connectivity index (χ2n) is 14.6. The van der Waals surface area contributed by atoms with Gasteiger partial charge >= 0.3 is 0 Å². The van der Waals surface area contributed by atoms with E-state index >= 15 is 0 Å². The van der Waals surface area contributed by atoms with Crippen LogP contribution < -0.4 is 0 Å². The van der Waals surface area contributed by atoms with Crippen LogP contribution in [-0.4, -0.2) is 28.4 Å². The number of aromatic nitrogens is 2. The largest absolute Gasteiger partial charge is 0.261 e. The molecule has 0 unspecified atom stereocenters. The SMILES string of the molecule is C=NC(=NC(=NCc1ccccc1)c1ccccc1)c1cccc(-c2ccccc2-c2ccccc2-c2cccc(-c3nc(-c4ccc(C)cc4)c4ccccc4n3)c2)c1. The minimum Gasteiger partial charge on any atom is -0.261 e. The number of benzene rings is 8. The molecule has 0 amide bonds. The predicted octanol–water partition coefficient (Wildman–Crippen LogP) is 13.4. The Hall–Kier alpha value is -7.89. The number of hydrogen-bond acceptors (Lipinski definition) is 3. The fraction of sp³-hybridized carbons (Fsp3) is 0.0364. The molecular formula is C55H41N5. The Balaban J connectivity index is 1.09. The molecule has 5 nitrogen and oxygen atoms in total. The van der Waals surface area contributed by atoms with Crippen LogP contribution in [0, 0.1) is 6.92 Å². The Morgan fingerprint density at radius 3 is 1.73 bits per heavy atom. The number of hydrogen-bond donors (Lipinski definition) is 0. The van der Waals surface area contributed by atoms with Crippen molar-refractivity contribution in [3.63, 3.8) is 0 Å². The lowest BCUT2D eigenvalue weighted by molar-refractivity contribution is 1.06. The molecule has 0 atom stereocenters. The van der Waals surface area contributed by atoms with E-state index in [1.807, 2.05) is 66.7 Å². The molecule has 0 saturated carbocycles. The minimum atomic E-state index is 0.498. The van der Waals surface area contributed by atoms with Crippen molar-refractivity contribution in [2.24, 2.45) is 15.0 Å². The first-order valence-corrected chi connectivity index (χ1v) is 20.0. The van der Waals surface area contributed by atoms with Gasteiger partial charge in [-0.15, -0.1) is 0 Å². The molecule has 8 aromatic carbocycles. The van der Waals surface area contributed by atoms with Crippen molar-refractivity contribution in [1.29, 1.82) is 0 Å². The Morgan fingerprint density at radius 1 is 0.467 bits per heavy atom. The van der Waals surface area contributed by atoms with Crippen LogP contribution in [0.25, 0.3) is 66.9 Å². The summed E-state index contributed by atoms with van der Waals surface area (Å²) in [6.45, 7) is 6.54. The van der Waals surface area contributed by atoms with Crippen LogP contribution in [0.1, 0.15) is 22.3 Å². The van der Waals surface area contributed by atoms with Gasteiger partial charge in [0.15, 0.2) is 17.5 Å². The summed E-state index contributed by atoms with van der Waals surface area (Å²) >= 11 is 0. The Labute approximate surface area is 350 Å². The summed E-state index contributed by atoms with van der Waals surface area (Å²) in [6.07, 6.45) is 0. The maximum absolute atomic E-state index is 5.19. The molecule has 0 spiro atoms. The molecular weight excluding hydrogens is 731 g/mol. The standard InChI is InChI=1S/C55H41N5/c1-38-31-33-40(34-32-38)52-50-29-13-14-30-51(50)58-55(59-52)45-24-16-22-43(36-45)47-26-10-12-28-49(47)48-27-11-9-25-46(48)42-21-15-23-44(35-42)53(56-2)60-54(41-19-7-4-8-20-41)57-37-39-17-5-3-6-18-39/h3-36H,2,37H2,1H3. The lowest BCUT2D eigenvalue weighted by atomic mass is 9.88. The van der Waals surface area contributed by atoms with E-state index in [0.717, 1.165) is 77.8 Å². The Bertz CT molecular complexity index is 3020. The summed E-state index contributed by atoms with van der Waals surface area (Å²) in [5.41, 5.74) is 14.5. The van der Waals surface area contributed by atoms with E-state index in [4.69, 9.17) is 20.0 Å². The molecule has 1 heterocycles. The molecule has 5 heteroatoms. The van der Waals surface area contributed by atoms with E-state index in [-0.39, 0.29) is 0 Å². The van der Waals surface area contributed by atoms with Crippen LogP contribution in [0.3, 0.4) is 0 Å². The van der Waals surface area contributed by atoms with E-state index in [0.29, 0.717) is 24.0 Å². The molecule has 0 saturated heterocycles. The van der Waals surface area contributed by atoms with Crippen molar-refractivity contribution in [3.05, 3.63) is 229 Å². The first-order chi connectivity index (χ1) is 29.6. The van der Waals surface area contributed by atoms with Crippen LogP contribution in [0.15, 0.2) is 221 Å². The van der Waals surface area contributed by atoms with Crippen molar-refractivity contribution in [3.8, 4) is 56.0 Å². The van der Waals surface area contributed by atoms with Gasteiger partial charge in [0.2, 0.25) is 0 Å². The van der Waals surface area contributed by atoms with E-state index in [1.54, 1.807) is 0 Å². The topological polar surface area (TPSA) is 62.9 Å². The van der Waals surface area contributed by atoms with E-state index in [1.165, 1.54) is 5.56 Å². The van der Waals surface area contributed by atoms with E-state index in [2.05, 4.69) is 158 Å². The number of fused-ring (bicyclic) bond motifs is 1. The number of nitrogens with zero attached hydrogens (tertiary/aromatic N) is 5. The number of rotatable bonds is 9. The summed E-state index contributed by atoms with van der Waals surface area (Å²) in [5.74, 6) is 1.79. The number of amidine groups is 2. The molecule has 0 aliphatic rings. The van der Waals surface area contributed by atoms with Crippen LogP contribution >= 0.6 is 0 Å². The average molecular weight is 772 g/mol. The number of aryl methyl sites for hydroxylation is 1. The summed E-state index contributed by atoms with van der Waals surface area (Å²) in [7, 11) is 0. The third-order valence-electron chi connectivity index (χ3n) is 10.6. The normalized spacial score (nSPS) is 11.8. The van der Waals surface area contributed by atoms with Crippen molar-refractivity contribution >= 4 is 29.3 Å². The fourth-order valence-electron chi connectivity index (χ4n) is 7.55. The van der Waals surface area contributed by atoms with Gasteiger partial charge in [-0.3, -0.25) is 4.99 Å². The van der Waals surface area contributed by atoms with Crippen LogP contribution in [0.4, 0.5) is 0 Å². The van der Waals surface area contributed by atoms with Gasteiger partial charge in [0, 0.05) is 27.6 Å². The molecule has 60 heavy (non-hydrogen) atoms. The summed E-state index contributed by atoms with van der Waals surface area (Å²) in [6, 6.07) is 71.0. The van der Waals surface area contributed by atoms with Gasteiger partial charge in [0.05, 0.1) is 17.8 Å². The summed E-state index contributed by atoms with van der Waals surface area (Å²) < 4.78 is 0. The monoisotopic (exact) mass is 771 g/mol. The molecule has 0 aliphatic carbocycles. The zero-order valence-electron chi connectivity index (χ0n) is 33.3. The molecule has 9 aromatic rings. The van der Waals surface area contributed by atoms with Crippen molar-refractivity contribution in [2.75, 3.05) is 0 Å². The maximum atomic E-state index is 5.19. The second kappa shape index (κ2) is 17.3. The highest BCUT2D eigenvalue weighted by molar-refractivity contribution is 6.13. The third-order valence-corrected chi connectivity index (χ3v) is 10.6. The van der Waals surface area contributed by atoms with E-state index < -0.39 is 0 Å². The average Bonchev–Trinajstić information content (AvgIpc) is 3.32. The maximum Gasteiger partial charge on any atom is 0.161 e. The molecule has 9 rings (SSSR count). The fourth-order valence-corrected chi connectivity index (χ4v) is 7.55. The van der Waals surface area contributed by atoms with Gasteiger partial charge in [0.1, 0.15) is 0 Å². The van der Waals surface area contributed by atoms with Crippen LogP contribution in [0.2, 0.25) is 0 Å². The molecule has 0 aliphatic heterocycles. The Kier molecular flexibility index (Phi) is 10.9. The number of aliphatic imine (C=N–C) groups is 3. The van der Waals surface area contributed by atoms with Gasteiger partial charge < -0.3 is 0 Å². The lowest BCUT2D eigenvalue weighted by Crippen LogP contribution is -2.05. The van der Waals surface area contributed by atoms with Crippen molar-refractivity contribution in [2.45, 2.75) is 13.5 Å². The first kappa shape index (κ1) is 37.7. The molecule has 0 N–H and O–H groups in total. The van der Waals surface area contributed by atoms with Crippen LogP contribution in [0.5, 0.6) is 0 Å². The van der Waals surface area contributed by atoms with Gasteiger partial charge in [-0.1, -0.05) is 194 Å². The minimum absolute atomic E-state index is 0.498. The van der Waals surface area contributed by atoms with Crippen LogP contribution in [-0.2, 0) is 6.54 Å². The molecule has 0 fully saturated rings. The molecule has 286 valence electrons. The molecule has 0 bridgehead atoms. The van der Waals surface area contributed by atoms with Gasteiger partial charge in [-0.25, -0.2) is 20.0 Å². The Morgan fingerprint density at radius 2 is 1.03 bits per heavy atom. The highest BCUT2D eigenvalue weighted by atomic mass is 15.0. The summed E-state index contributed by atoms with van der Waals surface area (Å²) in [5, 5.41) is 1.03. The zero-order chi connectivity index (χ0) is 40.7. The quantitative estimate of drug-likeness (QED) is 0.108. The third kappa shape index (κ3) is 8.11. The van der Waals surface area contributed by atoms with Gasteiger partial charge in [-0.05, 0) is 70.8 Å². The van der Waals surface area contributed by atoms with E-state index in [9.17, 15) is 0 Å². The van der Waals surface area contributed by atoms with Crippen molar-refractivity contribution in [1.82, 2.24) is 9.97 Å². The number of para-hydroxylation sites is 1. The summed E-state index contributed by atoms with van der Waals surface area (Å²) in [4.78, 5) is 24.7.